The maximum absolute atomic E-state index is 9.45. The van der Waals surface area contributed by atoms with Crippen LogP contribution in [0.25, 0.3) is 0 Å². The molecule has 2 aliphatic rings. The van der Waals surface area contributed by atoms with Crippen LogP contribution in [0.1, 0.15) is 65.2 Å². The average molecular weight is 237 g/mol. The van der Waals surface area contributed by atoms with E-state index in [4.69, 9.17) is 0 Å². The molecule has 2 fully saturated rings. The molecule has 0 spiro atoms. The largest absolute Gasteiger partial charge is 0.197 e. The zero-order chi connectivity index (χ0) is 11.6. The lowest BCUT2D eigenvalue weighted by Crippen LogP contribution is -2.49. The molecule has 0 aromatic carbocycles. The number of rotatable bonds is 4. The van der Waals surface area contributed by atoms with Gasteiger partial charge in [-0.15, -0.1) is 11.8 Å². The van der Waals surface area contributed by atoms with E-state index < -0.39 is 0 Å². The molecule has 0 radical (unpaired) electrons. The third-order valence-corrected chi connectivity index (χ3v) is 6.36. The second-order valence-electron chi connectivity index (χ2n) is 5.69. The average Bonchev–Trinajstić information content (AvgIpc) is 2.76. The van der Waals surface area contributed by atoms with Gasteiger partial charge in [0, 0.05) is 5.25 Å². The van der Waals surface area contributed by atoms with Crippen LogP contribution in [0, 0.1) is 16.7 Å². The van der Waals surface area contributed by atoms with Crippen LogP contribution < -0.4 is 0 Å². The third kappa shape index (κ3) is 2.12. The van der Waals surface area contributed by atoms with Crippen LogP contribution in [-0.2, 0) is 0 Å². The van der Waals surface area contributed by atoms with Gasteiger partial charge in [-0.25, -0.2) is 0 Å². The van der Waals surface area contributed by atoms with Crippen molar-refractivity contribution in [2.45, 2.75) is 75.2 Å². The summed E-state index contributed by atoms with van der Waals surface area (Å²) in [7, 11) is 0. The smallest absolute Gasteiger partial charge is 0.104 e. The van der Waals surface area contributed by atoms with E-state index >= 15 is 0 Å². The van der Waals surface area contributed by atoms with Crippen LogP contribution in [0.5, 0.6) is 0 Å². The third-order valence-electron chi connectivity index (χ3n) is 4.72. The van der Waals surface area contributed by atoms with Crippen molar-refractivity contribution in [3.8, 4) is 6.07 Å². The van der Waals surface area contributed by atoms with Crippen molar-refractivity contribution < 1.29 is 0 Å². The molecule has 0 saturated heterocycles. The second kappa shape index (κ2) is 4.61. The first-order chi connectivity index (χ1) is 7.67. The molecule has 90 valence electrons. The Balaban J connectivity index is 1.94. The minimum atomic E-state index is -0.0129. The fraction of sp³-hybridized carbons (Fsp3) is 0.929. The van der Waals surface area contributed by atoms with E-state index in [1.54, 1.807) is 0 Å². The molecule has 2 saturated carbocycles. The molecule has 1 nitrogen and oxygen atoms in total. The fourth-order valence-electron chi connectivity index (χ4n) is 3.42. The van der Waals surface area contributed by atoms with Gasteiger partial charge in [-0.2, -0.15) is 5.26 Å². The quantitative estimate of drug-likeness (QED) is 0.717. The van der Waals surface area contributed by atoms with Crippen LogP contribution in [0.15, 0.2) is 0 Å². The molecule has 0 heterocycles. The highest BCUT2D eigenvalue weighted by molar-refractivity contribution is 8.01. The Morgan fingerprint density at radius 1 is 1.19 bits per heavy atom. The predicted octanol–water partition coefficient (Wildman–Crippen LogP) is 4.52. The predicted molar refractivity (Wildman–Crippen MR) is 70.4 cm³/mol. The summed E-state index contributed by atoms with van der Waals surface area (Å²) in [6.45, 7) is 4.57. The molecule has 0 atom stereocenters. The van der Waals surface area contributed by atoms with Crippen molar-refractivity contribution in [2.24, 2.45) is 5.41 Å². The topological polar surface area (TPSA) is 23.8 Å². The Bertz CT molecular complexity index is 268. The van der Waals surface area contributed by atoms with Gasteiger partial charge in [0.1, 0.15) is 4.75 Å². The van der Waals surface area contributed by atoms with E-state index in [1.165, 1.54) is 38.5 Å². The maximum Gasteiger partial charge on any atom is 0.104 e. The van der Waals surface area contributed by atoms with Crippen molar-refractivity contribution >= 4 is 11.8 Å². The molecule has 0 aliphatic heterocycles. The molecular formula is C14H23NS. The van der Waals surface area contributed by atoms with Gasteiger partial charge in [-0.05, 0) is 31.1 Å². The van der Waals surface area contributed by atoms with E-state index in [2.05, 4.69) is 19.9 Å². The molecule has 0 bridgehead atoms. The van der Waals surface area contributed by atoms with E-state index in [-0.39, 0.29) is 4.75 Å². The molecule has 0 amide bonds. The van der Waals surface area contributed by atoms with Gasteiger partial charge >= 0.3 is 0 Å². The molecular weight excluding hydrogens is 214 g/mol. The fourth-order valence-corrected chi connectivity index (χ4v) is 5.46. The number of nitrogens with zero attached hydrogens (tertiary/aromatic N) is 1. The van der Waals surface area contributed by atoms with Gasteiger partial charge in [0.25, 0.3) is 0 Å². The minimum Gasteiger partial charge on any atom is -0.197 e. The van der Waals surface area contributed by atoms with Gasteiger partial charge in [0.2, 0.25) is 0 Å². The highest BCUT2D eigenvalue weighted by atomic mass is 32.2. The first kappa shape index (κ1) is 12.3. The van der Waals surface area contributed by atoms with Crippen molar-refractivity contribution in [2.75, 3.05) is 0 Å². The summed E-state index contributed by atoms with van der Waals surface area (Å²) in [6, 6.07) is 2.63. The van der Waals surface area contributed by atoms with Crippen LogP contribution in [0.2, 0.25) is 0 Å². The zero-order valence-corrected chi connectivity index (χ0v) is 11.4. The summed E-state index contributed by atoms with van der Waals surface area (Å²) in [5.41, 5.74) is 0.501. The van der Waals surface area contributed by atoms with Crippen molar-refractivity contribution in [1.29, 1.82) is 5.26 Å². The summed E-state index contributed by atoms with van der Waals surface area (Å²) >= 11 is 2.01. The summed E-state index contributed by atoms with van der Waals surface area (Å²) in [5, 5.41) is 10.2. The van der Waals surface area contributed by atoms with Crippen LogP contribution >= 0.6 is 11.8 Å². The Morgan fingerprint density at radius 2 is 1.75 bits per heavy atom. The minimum absolute atomic E-state index is 0.0129. The Kier molecular flexibility index (Phi) is 3.54. The molecule has 0 N–H and O–H groups in total. The normalized spacial score (nSPS) is 27.3. The molecule has 2 rings (SSSR count). The number of hydrogen-bond acceptors (Lipinski definition) is 2. The van der Waals surface area contributed by atoms with Crippen LogP contribution in [-0.4, -0.2) is 10.00 Å². The van der Waals surface area contributed by atoms with Crippen molar-refractivity contribution in [3.63, 3.8) is 0 Å². The summed E-state index contributed by atoms with van der Waals surface area (Å²) in [6.07, 6.45) is 10.2. The van der Waals surface area contributed by atoms with E-state index in [9.17, 15) is 5.26 Å². The van der Waals surface area contributed by atoms with Crippen LogP contribution in [0.3, 0.4) is 0 Å². The summed E-state index contributed by atoms with van der Waals surface area (Å²) in [5.74, 6) is 0. The highest BCUT2D eigenvalue weighted by Crippen LogP contribution is 2.60. The van der Waals surface area contributed by atoms with Gasteiger partial charge in [0.15, 0.2) is 0 Å². The Hall–Kier alpha value is -0.160. The first-order valence-corrected chi connectivity index (χ1v) is 7.65. The van der Waals surface area contributed by atoms with E-state index in [0.717, 1.165) is 18.1 Å². The molecule has 0 unspecified atom stereocenters. The Labute approximate surface area is 104 Å². The standard InChI is InChI=1S/C14H23NS/c1-3-13(4-2)9-14(10-13,11-15)16-12-7-5-6-8-12/h12H,3-10H2,1-2H3. The SMILES string of the molecule is CCC1(CC)CC(C#N)(SC2CCCC2)C1. The van der Waals surface area contributed by atoms with E-state index in [0.29, 0.717) is 5.41 Å². The van der Waals surface area contributed by atoms with Gasteiger partial charge < -0.3 is 0 Å². The zero-order valence-electron chi connectivity index (χ0n) is 10.6. The maximum atomic E-state index is 9.45. The molecule has 0 aromatic heterocycles. The monoisotopic (exact) mass is 237 g/mol. The number of nitriles is 1. The van der Waals surface area contributed by atoms with Crippen molar-refractivity contribution in [1.82, 2.24) is 0 Å². The molecule has 0 aromatic rings. The van der Waals surface area contributed by atoms with Crippen molar-refractivity contribution in [3.05, 3.63) is 0 Å². The molecule has 2 aliphatic carbocycles. The summed E-state index contributed by atoms with van der Waals surface area (Å²) < 4.78 is -0.0129. The molecule has 2 heteroatoms. The van der Waals surface area contributed by atoms with Gasteiger partial charge in [0.05, 0.1) is 6.07 Å². The lowest BCUT2D eigenvalue weighted by Gasteiger charge is -2.52. The number of hydrogen-bond donors (Lipinski definition) is 0. The van der Waals surface area contributed by atoms with Gasteiger partial charge in [-0.1, -0.05) is 39.5 Å². The van der Waals surface area contributed by atoms with Crippen LogP contribution in [0.4, 0.5) is 0 Å². The lowest BCUT2D eigenvalue weighted by molar-refractivity contribution is 0.0981. The summed E-state index contributed by atoms with van der Waals surface area (Å²) in [4.78, 5) is 0. The Morgan fingerprint density at radius 3 is 2.19 bits per heavy atom. The van der Waals surface area contributed by atoms with E-state index in [1.807, 2.05) is 11.8 Å². The van der Waals surface area contributed by atoms with Gasteiger partial charge in [-0.3, -0.25) is 0 Å². The lowest BCUT2D eigenvalue weighted by atomic mass is 9.59. The number of thioether (sulfide) groups is 1. The molecule has 16 heavy (non-hydrogen) atoms. The second-order valence-corrected chi connectivity index (χ2v) is 7.37. The first-order valence-electron chi connectivity index (χ1n) is 6.77. The highest BCUT2D eigenvalue weighted by Gasteiger charge is 2.54.